The van der Waals surface area contributed by atoms with Gasteiger partial charge in [0.1, 0.15) is 5.82 Å². The summed E-state index contributed by atoms with van der Waals surface area (Å²) in [6, 6.07) is 6.08. The van der Waals surface area contributed by atoms with Gasteiger partial charge < -0.3 is 10.6 Å². The summed E-state index contributed by atoms with van der Waals surface area (Å²) >= 11 is 0. The van der Waals surface area contributed by atoms with E-state index in [2.05, 4.69) is 22.5 Å². The lowest BCUT2D eigenvalue weighted by atomic mass is 10.0. The third-order valence-corrected chi connectivity index (χ3v) is 2.69. The van der Waals surface area contributed by atoms with Crippen LogP contribution in [0, 0.1) is 6.92 Å². The van der Waals surface area contributed by atoms with Gasteiger partial charge in [-0.1, -0.05) is 6.07 Å². The van der Waals surface area contributed by atoms with Gasteiger partial charge in [0.15, 0.2) is 0 Å². The van der Waals surface area contributed by atoms with Crippen LogP contribution < -0.4 is 10.6 Å². The highest BCUT2D eigenvalue weighted by molar-refractivity contribution is 5.38. The zero-order valence-electron chi connectivity index (χ0n) is 8.80. The van der Waals surface area contributed by atoms with E-state index < -0.39 is 0 Å². The van der Waals surface area contributed by atoms with Crippen molar-refractivity contribution in [2.75, 3.05) is 18.4 Å². The average Bonchev–Trinajstić information content (AvgIpc) is 2.51. The fourth-order valence-electron chi connectivity index (χ4n) is 1.85. The maximum Gasteiger partial charge on any atom is 0.126 e. The van der Waals surface area contributed by atoms with Crippen LogP contribution in [-0.2, 0) is 0 Å². The minimum Gasteiger partial charge on any atom is -0.364 e. The van der Waals surface area contributed by atoms with Crippen molar-refractivity contribution in [3.05, 3.63) is 23.9 Å². The Kier molecular flexibility index (Phi) is 2.42. The number of hydrogen-bond acceptors (Lipinski definition) is 3. The molecule has 1 atom stereocenters. The second-order valence-corrected chi connectivity index (χ2v) is 4.28. The van der Waals surface area contributed by atoms with E-state index in [1.165, 1.54) is 0 Å². The summed E-state index contributed by atoms with van der Waals surface area (Å²) in [5.41, 5.74) is 1.23. The van der Waals surface area contributed by atoms with E-state index in [-0.39, 0.29) is 5.54 Å². The number of aryl methyl sites for hydroxylation is 1. The highest BCUT2D eigenvalue weighted by Crippen LogP contribution is 2.19. The topological polar surface area (TPSA) is 37.0 Å². The summed E-state index contributed by atoms with van der Waals surface area (Å²) in [5, 5.41) is 6.84. The molecule has 2 N–H and O–H groups in total. The molecule has 76 valence electrons. The monoisotopic (exact) mass is 191 g/mol. The zero-order valence-corrected chi connectivity index (χ0v) is 8.80. The van der Waals surface area contributed by atoms with Crippen LogP contribution in [0.3, 0.4) is 0 Å². The van der Waals surface area contributed by atoms with E-state index in [9.17, 15) is 0 Å². The second-order valence-electron chi connectivity index (χ2n) is 4.28. The van der Waals surface area contributed by atoms with Gasteiger partial charge in [-0.2, -0.15) is 0 Å². The van der Waals surface area contributed by atoms with E-state index in [1.54, 1.807) is 0 Å². The third kappa shape index (κ3) is 2.04. The molecule has 0 aliphatic carbocycles. The number of anilines is 1. The first-order valence-corrected chi connectivity index (χ1v) is 5.11. The van der Waals surface area contributed by atoms with Crippen LogP contribution in [0.25, 0.3) is 0 Å². The molecule has 1 saturated heterocycles. The standard InChI is InChI=1S/C11H17N3/c1-9-4-3-5-10(13-9)14-11(2)6-7-12-8-11/h3-5,12H,6-8H2,1-2H3,(H,13,14). The van der Waals surface area contributed by atoms with E-state index in [4.69, 9.17) is 0 Å². The van der Waals surface area contributed by atoms with Crippen molar-refractivity contribution >= 4 is 5.82 Å². The summed E-state index contributed by atoms with van der Waals surface area (Å²) in [6.45, 7) is 6.36. The number of rotatable bonds is 2. The van der Waals surface area contributed by atoms with Crippen LogP contribution in [0.15, 0.2) is 18.2 Å². The molecule has 3 heteroatoms. The minimum absolute atomic E-state index is 0.167. The number of nitrogens with one attached hydrogen (secondary N) is 2. The van der Waals surface area contributed by atoms with Gasteiger partial charge in [-0.25, -0.2) is 4.98 Å². The van der Waals surface area contributed by atoms with Gasteiger partial charge in [0, 0.05) is 17.8 Å². The molecule has 1 aliphatic rings. The Bertz CT molecular complexity index is 316. The van der Waals surface area contributed by atoms with E-state index in [1.807, 2.05) is 25.1 Å². The fourth-order valence-corrected chi connectivity index (χ4v) is 1.85. The fraction of sp³-hybridized carbons (Fsp3) is 0.545. The van der Waals surface area contributed by atoms with Crippen LogP contribution in [0.2, 0.25) is 0 Å². The number of aromatic nitrogens is 1. The van der Waals surface area contributed by atoms with Gasteiger partial charge in [0.2, 0.25) is 0 Å². The van der Waals surface area contributed by atoms with Crippen LogP contribution in [0.1, 0.15) is 19.0 Å². The van der Waals surface area contributed by atoms with Crippen molar-refractivity contribution < 1.29 is 0 Å². The summed E-state index contributed by atoms with van der Waals surface area (Å²) in [4.78, 5) is 4.44. The first-order valence-electron chi connectivity index (χ1n) is 5.11. The Hall–Kier alpha value is -1.09. The molecule has 1 aliphatic heterocycles. The highest BCUT2D eigenvalue weighted by Gasteiger charge is 2.28. The van der Waals surface area contributed by atoms with Crippen molar-refractivity contribution in [2.45, 2.75) is 25.8 Å². The van der Waals surface area contributed by atoms with Crippen molar-refractivity contribution in [2.24, 2.45) is 0 Å². The predicted octanol–water partition coefficient (Wildman–Crippen LogP) is 1.55. The highest BCUT2D eigenvalue weighted by atomic mass is 15.1. The molecule has 1 fully saturated rings. The minimum atomic E-state index is 0.167. The molecule has 0 spiro atoms. The van der Waals surface area contributed by atoms with Gasteiger partial charge >= 0.3 is 0 Å². The summed E-state index contributed by atoms with van der Waals surface area (Å²) in [6.07, 6.45) is 1.16. The summed E-state index contributed by atoms with van der Waals surface area (Å²) in [5.74, 6) is 0.983. The van der Waals surface area contributed by atoms with Gasteiger partial charge in [0.05, 0.1) is 0 Å². The molecule has 0 saturated carbocycles. The van der Waals surface area contributed by atoms with Crippen molar-refractivity contribution in [3.63, 3.8) is 0 Å². The Morgan fingerprint density at radius 2 is 2.36 bits per heavy atom. The maximum atomic E-state index is 4.44. The Morgan fingerprint density at radius 3 is 3.00 bits per heavy atom. The van der Waals surface area contributed by atoms with Crippen LogP contribution >= 0.6 is 0 Å². The molecule has 1 aromatic heterocycles. The molecule has 14 heavy (non-hydrogen) atoms. The number of hydrogen-bond donors (Lipinski definition) is 2. The molecule has 1 aromatic rings. The van der Waals surface area contributed by atoms with Gasteiger partial charge in [-0.05, 0) is 38.9 Å². The molecule has 0 aromatic carbocycles. The van der Waals surface area contributed by atoms with Gasteiger partial charge in [0.25, 0.3) is 0 Å². The zero-order chi connectivity index (χ0) is 10.0. The Morgan fingerprint density at radius 1 is 1.50 bits per heavy atom. The lowest BCUT2D eigenvalue weighted by Gasteiger charge is -2.25. The molecular weight excluding hydrogens is 174 g/mol. The first-order chi connectivity index (χ1) is 6.68. The Balaban J connectivity index is 2.10. The number of nitrogens with zero attached hydrogens (tertiary/aromatic N) is 1. The molecule has 0 bridgehead atoms. The van der Waals surface area contributed by atoms with E-state index in [0.717, 1.165) is 31.0 Å². The van der Waals surface area contributed by atoms with Crippen molar-refractivity contribution in [1.29, 1.82) is 0 Å². The Labute approximate surface area is 84.9 Å². The molecular formula is C11H17N3. The lowest BCUT2D eigenvalue weighted by molar-refractivity contribution is 0.564. The van der Waals surface area contributed by atoms with Crippen LogP contribution in [0.4, 0.5) is 5.82 Å². The van der Waals surface area contributed by atoms with Crippen molar-refractivity contribution in [1.82, 2.24) is 10.3 Å². The van der Waals surface area contributed by atoms with Gasteiger partial charge in [-0.15, -0.1) is 0 Å². The van der Waals surface area contributed by atoms with Gasteiger partial charge in [-0.3, -0.25) is 0 Å². The molecule has 2 rings (SSSR count). The molecule has 3 nitrogen and oxygen atoms in total. The normalized spacial score (nSPS) is 26.4. The van der Waals surface area contributed by atoms with Crippen LogP contribution in [-0.4, -0.2) is 23.6 Å². The average molecular weight is 191 g/mol. The molecule has 0 radical (unpaired) electrons. The van der Waals surface area contributed by atoms with Crippen molar-refractivity contribution in [3.8, 4) is 0 Å². The quantitative estimate of drug-likeness (QED) is 0.744. The summed E-state index contributed by atoms with van der Waals surface area (Å²) < 4.78 is 0. The number of pyridine rings is 1. The summed E-state index contributed by atoms with van der Waals surface area (Å²) in [7, 11) is 0. The second kappa shape index (κ2) is 3.58. The molecule has 1 unspecified atom stereocenters. The largest absolute Gasteiger partial charge is 0.364 e. The van der Waals surface area contributed by atoms with E-state index in [0.29, 0.717) is 0 Å². The predicted molar refractivity (Wildman–Crippen MR) is 58.5 cm³/mol. The van der Waals surface area contributed by atoms with E-state index >= 15 is 0 Å². The van der Waals surface area contributed by atoms with Crippen LogP contribution in [0.5, 0.6) is 0 Å². The first kappa shape index (κ1) is 9.46. The molecule has 2 heterocycles. The third-order valence-electron chi connectivity index (χ3n) is 2.69. The molecule has 0 amide bonds. The smallest absolute Gasteiger partial charge is 0.126 e. The maximum absolute atomic E-state index is 4.44. The SMILES string of the molecule is Cc1cccc(NC2(C)CCNC2)n1. The lowest BCUT2D eigenvalue weighted by Crippen LogP contribution is -2.37.